The van der Waals surface area contributed by atoms with Crippen LogP contribution < -0.4 is 10.1 Å². The fourth-order valence-corrected chi connectivity index (χ4v) is 1.28. The molecule has 1 aromatic carbocycles. The molecule has 2 N–H and O–H groups in total. The molecule has 0 radical (unpaired) electrons. The summed E-state index contributed by atoms with van der Waals surface area (Å²) in [5.41, 5.74) is -0.982. The van der Waals surface area contributed by atoms with Crippen LogP contribution in [-0.2, 0) is 4.79 Å². The summed E-state index contributed by atoms with van der Waals surface area (Å²) >= 11 is 0. The van der Waals surface area contributed by atoms with E-state index in [4.69, 9.17) is 4.74 Å². The molecule has 110 valence electrons. The Kier molecular flexibility index (Phi) is 5.45. The van der Waals surface area contributed by atoms with Crippen molar-refractivity contribution in [3.63, 3.8) is 0 Å². The van der Waals surface area contributed by atoms with Crippen LogP contribution in [0, 0.1) is 10.1 Å². The molecular weight excluding hydrogens is 264 g/mol. The predicted octanol–water partition coefficient (Wildman–Crippen LogP) is 1.25. The molecule has 7 heteroatoms. The molecule has 1 amide bonds. The van der Waals surface area contributed by atoms with E-state index in [0.717, 1.165) is 0 Å². The highest BCUT2D eigenvalue weighted by Gasteiger charge is 2.18. The van der Waals surface area contributed by atoms with Crippen molar-refractivity contribution < 1.29 is 19.6 Å². The van der Waals surface area contributed by atoms with Crippen LogP contribution >= 0.6 is 0 Å². The minimum Gasteiger partial charge on any atom is -0.484 e. The normalized spacial score (nSPS) is 13.3. The van der Waals surface area contributed by atoms with Crippen LogP contribution in [0.25, 0.3) is 0 Å². The number of carbonyl (C=O) groups is 1. The lowest BCUT2D eigenvalue weighted by Crippen LogP contribution is -2.41. The molecule has 1 aromatic rings. The van der Waals surface area contributed by atoms with Crippen molar-refractivity contribution in [1.29, 1.82) is 0 Å². The minimum absolute atomic E-state index is 0.0409. The van der Waals surface area contributed by atoms with Gasteiger partial charge >= 0.3 is 0 Å². The van der Waals surface area contributed by atoms with Crippen LogP contribution in [0.4, 0.5) is 5.69 Å². The van der Waals surface area contributed by atoms with E-state index in [0.29, 0.717) is 12.2 Å². The lowest BCUT2D eigenvalue weighted by Gasteiger charge is -2.21. The van der Waals surface area contributed by atoms with Gasteiger partial charge in [0.25, 0.3) is 11.6 Å². The molecule has 0 bridgehead atoms. The number of nitro groups is 1. The molecule has 20 heavy (non-hydrogen) atoms. The van der Waals surface area contributed by atoms with Gasteiger partial charge in [-0.05, 0) is 25.5 Å². The van der Waals surface area contributed by atoms with Crippen LogP contribution in [0.2, 0.25) is 0 Å². The molecule has 1 unspecified atom stereocenters. The zero-order valence-corrected chi connectivity index (χ0v) is 11.5. The number of ether oxygens (including phenoxy) is 1. The van der Waals surface area contributed by atoms with Gasteiger partial charge in [-0.25, -0.2) is 0 Å². The number of benzene rings is 1. The Balaban J connectivity index is 2.39. The number of rotatable bonds is 7. The Morgan fingerprint density at radius 2 is 2.05 bits per heavy atom. The number of nitro benzene ring substituents is 1. The number of hydrogen-bond acceptors (Lipinski definition) is 5. The van der Waals surface area contributed by atoms with Crippen molar-refractivity contribution in [2.24, 2.45) is 0 Å². The van der Waals surface area contributed by atoms with Crippen molar-refractivity contribution in [1.82, 2.24) is 5.32 Å². The summed E-state index contributed by atoms with van der Waals surface area (Å²) in [5.74, 6) is 0.00470. The van der Waals surface area contributed by atoms with Crippen molar-refractivity contribution in [2.45, 2.75) is 25.9 Å². The van der Waals surface area contributed by atoms with Crippen LogP contribution in [0.15, 0.2) is 24.3 Å². The Hall–Kier alpha value is -2.15. The molecule has 0 saturated carbocycles. The van der Waals surface area contributed by atoms with E-state index in [1.165, 1.54) is 24.3 Å². The van der Waals surface area contributed by atoms with E-state index in [1.807, 2.05) is 6.92 Å². The molecule has 0 aliphatic heterocycles. The zero-order valence-electron chi connectivity index (χ0n) is 11.5. The maximum absolute atomic E-state index is 11.5. The molecule has 1 rings (SSSR count). The highest BCUT2D eigenvalue weighted by molar-refractivity contribution is 5.77. The number of aliphatic hydroxyl groups is 1. The summed E-state index contributed by atoms with van der Waals surface area (Å²) in [7, 11) is 0. The van der Waals surface area contributed by atoms with Crippen LogP contribution in [0.3, 0.4) is 0 Å². The second kappa shape index (κ2) is 6.85. The van der Waals surface area contributed by atoms with Gasteiger partial charge < -0.3 is 15.2 Å². The van der Waals surface area contributed by atoms with Gasteiger partial charge in [0.05, 0.1) is 10.5 Å². The van der Waals surface area contributed by atoms with E-state index < -0.39 is 10.5 Å². The summed E-state index contributed by atoms with van der Waals surface area (Å²) in [4.78, 5) is 21.5. The Labute approximate surface area is 116 Å². The van der Waals surface area contributed by atoms with Gasteiger partial charge in [-0.2, -0.15) is 0 Å². The SMILES string of the molecule is CCC(C)(O)CNC(=O)COc1ccc([N+](=O)[O-])cc1. The van der Waals surface area contributed by atoms with Gasteiger partial charge in [-0.3, -0.25) is 14.9 Å². The smallest absolute Gasteiger partial charge is 0.269 e. The highest BCUT2D eigenvalue weighted by atomic mass is 16.6. The first-order valence-corrected chi connectivity index (χ1v) is 6.20. The second-order valence-electron chi connectivity index (χ2n) is 4.67. The Morgan fingerprint density at radius 3 is 2.55 bits per heavy atom. The Bertz CT molecular complexity index is 470. The molecule has 0 aliphatic rings. The van der Waals surface area contributed by atoms with Gasteiger partial charge in [0, 0.05) is 18.7 Å². The van der Waals surface area contributed by atoms with Crippen molar-refractivity contribution in [2.75, 3.05) is 13.2 Å². The first-order valence-electron chi connectivity index (χ1n) is 6.20. The quantitative estimate of drug-likeness (QED) is 0.579. The third-order valence-electron chi connectivity index (χ3n) is 2.85. The first-order chi connectivity index (χ1) is 9.34. The summed E-state index contributed by atoms with van der Waals surface area (Å²) in [6.07, 6.45) is 0.524. The molecule has 0 spiro atoms. The molecule has 7 nitrogen and oxygen atoms in total. The van der Waals surface area contributed by atoms with Crippen molar-refractivity contribution in [3.05, 3.63) is 34.4 Å². The lowest BCUT2D eigenvalue weighted by molar-refractivity contribution is -0.384. The molecule has 0 aliphatic carbocycles. The number of hydrogen-bond donors (Lipinski definition) is 2. The maximum Gasteiger partial charge on any atom is 0.269 e. The average molecular weight is 282 g/mol. The highest BCUT2D eigenvalue weighted by Crippen LogP contribution is 2.17. The number of carbonyl (C=O) groups excluding carboxylic acids is 1. The largest absolute Gasteiger partial charge is 0.484 e. The summed E-state index contributed by atoms with van der Waals surface area (Å²) in [5, 5.41) is 22.7. The fourth-order valence-electron chi connectivity index (χ4n) is 1.28. The predicted molar refractivity (Wildman–Crippen MR) is 72.5 cm³/mol. The zero-order chi connectivity index (χ0) is 15.2. The molecule has 0 heterocycles. The van der Waals surface area contributed by atoms with Gasteiger partial charge in [0.2, 0.25) is 0 Å². The summed E-state index contributed by atoms with van der Waals surface area (Å²) < 4.78 is 5.19. The molecule has 0 aromatic heterocycles. The average Bonchev–Trinajstić information content (AvgIpc) is 2.43. The third-order valence-corrected chi connectivity index (χ3v) is 2.85. The molecule has 0 fully saturated rings. The van der Waals surface area contributed by atoms with Gasteiger partial charge in [-0.15, -0.1) is 0 Å². The Morgan fingerprint density at radius 1 is 1.45 bits per heavy atom. The number of nitrogens with one attached hydrogen (secondary N) is 1. The minimum atomic E-state index is -0.941. The molecular formula is C13H18N2O5. The van der Waals surface area contributed by atoms with Gasteiger partial charge in [-0.1, -0.05) is 6.92 Å². The number of amides is 1. The lowest BCUT2D eigenvalue weighted by atomic mass is 10.0. The molecule has 0 saturated heterocycles. The third kappa shape index (κ3) is 5.23. The monoisotopic (exact) mass is 282 g/mol. The van der Waals surface area contributed by atoms with Crippen molar-refractivity contribution in [3.8, 4) is 5.75 Å². The topological polar surface area (TPSA) is 102 Å². The van der Waals surface area contributed by atoms with E-state index in [1.54, 1.807) is 6.92 Å². The van der Waals surface area contributed by atoms with Crippen LogP contribution in [0.5, 0.6) is 5.75 Å². The van der Waals surface area contributed by atoms with E-state index >= 15 is 0 Å². The van der Waals surface area contributed by atoms with E-state index in [9.17, 15) is 20.0 Å². The van der Waals surface area contributed by atoms with Gasteiger partial charge in [0.15, 0.2) is 6.61 Å². The standard InChI is InChI=1S/C13H18N2O5/c1-3-13(2,17)9-14-12(16)8-20-11-6-4-10(5-7-11)15(18)19/h4-7,17H,3,8-9H2,1-2H3,(H,14,16). The van der Waals surface area contributed by atoms with Crippen molar-refractivity contribution >= 4 is 11.6 Å². The van der Waals surface area contributed by atoms with Gasteiger partial charge in [0.1, 0.15) is 5.75 Å². The first kappa shape index (κ1) is 15.9. The summed E-state index contributed by atoms with van der Waals surface area (Å²) in [6, 6.07) is 5.45. The fraction of sp³-hybridized carbons (Fsp3) is 0.462. The maximum atomic E-state index is 11.5. The number of nitrogens with zero attached hydrogens (tertiary/aromatic N) is 1. The second-order valence-corrected chi connectivity index (χ2v) is 4.67. The summed E-state index contributed by atoms with van der Waals surface area (Å²) in [6.45, 7) is 3.38. The molecule has 1 atom stereocenters. The van der Waals surface area contributed by atoms with Crippen LogP contribution in [0.1, 0.15) is 20.3 Å². The number of non-ortho nitro benzene ring substituents is 1. The van der Waals surface area contributed by atoms with E-state index in [2.05, 4.69) is 5.32 Å². The van der Waals surface area contributed by atoms with E-state index in [-0.39, 0.29) is 24.7 Å². The van der Waals surface area contributed by atoms with Crippen LogP contribution in [-0.4, -0.2) is 34.7 Å².